The van der Waals surface area contributed by atoms with Gasteiger partial charge in [-0.3, -0.25) is 14.3 Å². The molecule has 0 bridgehead atoms. The van der Waals surface area contributed by atoms with Gasteiger partial charge in [-0.15, -0.1) is 0 Å². The second kappa shape index (κ2) is 7.22. The Hall–Kier alpha value is -2.16. The predicted molar refractivity (Wildman–Crippen MR) is 93.8 cm³/mol. The van der Waals surface area contributed by atoms with Crippen molar-refractivity contribution >= 4 is 17.0 Å². The number of oxazole rings is 1. The van der Waals surface area contributed by atoms with Gasteiger partial charge in [-0.1, -0.05) is 12.1 Å². The summed E-state index contributed by atoms with van der Waals surface area (Å²) in [6.45, 7) is 2.24. The highest BCUT2D eigenvalue weighted by Gasteiger charge is 2.37. The third-order valence-corrected chi connectivity index (χ3v) is 5.18. The van der Waals surface area contributed by atoms with Gasteiger partial charge in [-0.2, -0.15) is 0 Å². The van der Waals surface area contributed by atoms with E-state index in [4.69, 9.17) is 14.3 Å². The van der Waals surface area contributed by atoms with Crippen molar-refractivity contribution in [3.63, 3.8) is 0 Å². The lowest BCUT2D eigenvalue weighted by Crippen LogP contribution is -2.46. The minimum absolute atomic E-state index is 0.0397. The monoisotopic (exact) mass is 361 g/mol. The molecule has 26 heavy (non-hydrogen) atoms. The second-order valence-electron chi connectivity index (χ2n) is 7.00. The first-order valence-electron chi connectivity index (χ1n) is 8.98. The van der Waals surface area contributed by atoms with E-state index in [0.717, 1.165) is 19.5 Å². The maximum absolute atomic E-state index is 12.4. The molecule has 1 aromatic heterocycles. The zero-order valence-electron chi connectivity index (χ0n) is 14.5. The summed E-state index contributed by atoms with van der Waals surface area (Å²) in [5.74, 6) is -0.721. The molecule has 2 aromatic rings. The number of hydrogen-bond donors (Lipinski definition) is 2. The first-order chi connectivity index (χ1) is 12.6. The van der Waals surface area contributed by atoms with Crippen LogP contribution >= 0.6 is 0 Å². The number of carbonyl (C=O) groups excluding carboxylic acids is 1. The van der Waals surface area contributed by atoms with Crippen LogP contribution in [0.1, 0.15) is 12.8 Å². The summed E-state index contributed by atoms with van der Waals surface area (Å²) in [6.07, 6.45) is 1.52. The number of nitrogens with one attached hydrogen (secondary N) is 1. The van der Waals surface area contributed by atoms with Gasteiger partial charge >= 0.3 is 5.76 Å². The quantitative estimate of drug-likeness (QED) is 0.774. The van der Waals surface area contributed by atoms with Crippen LogP contribution in [0.25, 0.3) is 11.1 Å². The molecule has 3 heterocycles. The molecule has 0 aliphatic carbocycles. The van der Waals surface area contributed by atoms with Crippen molar-refractivity contribution in [1.82, 2.24) is 14.8 Å². The lowest BCUT2D eigenvalue weighted by molar-refractivity contribution is -0.122. The maximum Gasteiger partial charge on any atom is 0.420 e. The molecule has 4 rings (SSSR count). The number of fused-ring (bicyclic) bond motifs is 2. The number of nitrogens with zero attached hydrogens (tertiary/aromatic N) is 2. The smallest absolute Gasteiger partial charge is 0.408 e. The Morgan fingerprint density at radius 1 is 1.31 bits per heavy atom. The number of amides is 1. The Balaban J connectivity index is 1.37. The van der Waals surface area contributed by atoms with E-state index in [-0.39, 0.29) is 31.2 Å². The first kappa shape index (κ1) is 17.3. The van der Waals surface area contributed by atoms with Crippen LogP contribution < -0.4 is 11.1 Å². The minimum Gasteiger partial charge on any atom is -0.408 e. The highest BCUT2D eigenvalue weighted by atomic mass is 16.5. The predicted octanol–water partition coefficient (Wildman–Crippen LogP) is -0.0652. The summed E-state index contributed by atoms with van der Waals surface area (Å²) in [5.41, 5.74) is 1.10. The third kappa shape index (κ3) is 3.40. The van der Waals surface area contributed by atoms with Gasteiger partial charge in [-0.25, -0.2) is 4.79 Å². The zero-order valence-corrected chi connectivity index (χ0v) is 14.5. The molecule has 0 radical (unpaired) electrons. The van der Waals surface area contributed by atoms with Crippen molar-refractivity contribution < 1.29 is 19.1 Å². The van der Waals surface area contributed by atoms with Crippen LogP contribution in [0, 0.1) is 0 Å². The molecule has 0 saturated carbocycles. The Morgan fingerprint density at radius 3 is 3.00 bits per heavy atom. The Morgan fingerprint density at radius 2 is 2.15 bits per heavy atom. The van der Waals surface area contributed by atoms with E-state index in [9.17, 15) is 9.59 Å². The van der Waals surface area contributed by atoms with Gasteiger partial charge in [0.05, 0.1) is 18.2 Å². The largest absolute Gasteiger partial charge is 0.420 e. The number of rotatable bonds is 5. The fourth-order valence-electron chi connectivity index (χ4n) is 3.95. The lowest BCUT2D eigenvalue weighted by atomic mass is 10.1. The normalized spacial score (nSPS) is 26.1. The summed E-state index contributed by atoms with van der Waals surface area (Å²) < 4.78 is 12.3. The highest BCUT2D eigenvalue weighted by Crippen LogP contribution is 2.24. The van der Waals surface area contributed by atoms with Gasteiger partial charge in [-0.05, 0) is 25.0 Å². The van der Waals surface area contributed by atoms with Crippen molar-refractivity contribution in [2.45, 2.75) is 37.6 Å². The SMILES string of the molecule is O=C(Cn1c(=O)oc2ccccc21)N[C@H]1C[C@H]2CO[C@@H](CCO)CN2C1. The summed E-state index contributed by atoms with van der Waals surface area (Å²) in [7, 11) is 0. The van der Waals surface area contributed by atoms with Gasteiger partial charge in [0, 0.05) is 31.8 Å². The van der Waals surface area contributed by atoms with Crippen molar-refractivity contribution in [1.29, 1.82) is 0 Å². The molecule has 0 unspecified atom stereocenters. The van der Waals surface area contributed by atoms with Crippen LogP contribution in [0.15, 0.2) is 33.5 Å². The molecular formula is C18H23N3O5. The molecule has 2 aliphatic rings. The molecule has 8 heteroatoms. The third-order valence-electron chi connectivity index (χ3n) is 5.18. The molecule has 1 aromatic carbocycles. The van der Waals surface area contributed by atoms with Gasteiger partial charge in [0.25, 0.3) is 0 Å². The van der Waals surface area contributed by atoms with Crippen LogP contribution in [-0.4, -0.2) is 65.0 Å². The van der Waals surface area contributed by atoms with E-state index in [1.807, 2.05) is 6.07 Å². The van der Waals surface area contributed by atoms with E-state index in [2.05, 4.69) is 10.2 Å². The number of aliphatic hydroxyl groups is 1. The summed E-state index contributed by atoms with van der Waals surface area (Å²) in [5, 5.41) is 12.1. The van der Waals surface area contributed by atoms with Gasteiger partial charge in [0.2, 0.25) is 5.91 Å². The van der Waals surface area contributed by atoms with E-state index in [1.165, 1.54) is 4.57 Å². The zero-order chi connectivity index (χ0) is 18.1. The number of hydrogen-bond acceptors (Lipinski definition) is 6. The van der Waals surface area contributed by atoms with Crippen molar-refractivity contribution in [3.8, 4) is 0 Å². The average molecular weight is 361 g/mol. The maximum atomic E-state index is 12.4. The van der Waals surface area contributed by atoms with Crippen LogP contribution in [0.4, 0.5) is 0 Å². The lowest BCUT2D eigenvalue weighted by Gasteiger charge is -2.34. The van der Waals surface area contributed by atoms with Gasteiger partial charge in [0.15, 0.2) is 5.58 Å². The fourth-order valence-corrected chi connectivity index (χ4v) is 3.95. The number of para-hydroxylation sites is 2. The highest BCUT2D eigenvalue weighted by molar-refractivity contribution is 5.79. The number of aromatic nitrogens is 1. The molecule has 2 saturated heterocycles. The molecular weight excluding hydrogens is 338 g/mol. The molecule has 2 fully saturated rings. The van der Waals surface area contributed by atoms with Crippen LogP contribution in [0.5, 0.6) is 0 Å². The average Bonchev–Trinajstić information content (AvgIpc) is 3.15. The summed E-state index contributed by atoms with van der Waals surface area (Å²) >= 11 is 0. The fraction of sp³-hybridized carbons (Fsp3) is 0.556. The van der Waals surface area contributed by atoms with E-state index < -0.39 is 5.76 Å². The number of ether oxygens (including phenoxy) is 1. The second-order valence-corrected chi connectivity index (χ2v) is 7.00. The Kier molecular flexibility index (Phi) is 4.80. The van der Waals surface area contributed by atoms with Crippen molar-refractivity contribution in [3.05, 3.63) is 34.8 Å². The molecule has 2 N–H and O–H groups in total. The van der Waals surface area contributed by atoms with Crippen molar-refractivity contribution in [2.75, 3.05) is 26.3 Å². The standard InChI is InChI=1S/C18H23N3O5/c22-6-5-14-9-20-8-12(7-13(20)11-25-14)19-17(23)10-21-15-3-1-2-4-16(15)26-18(21)24/h1-4,12-14,22H,5-11H2,(H,19,23)/t12-,13-,14-/m0/s1. The number of morpholine rings is 1. The first-order valence-corrected chi connectivity index (χ1v) is 8.98. The van der Waals surface area contributed by atoms with Crippen LogP contribution in [0.2, 0.25) is 0 Å². The number of benzene rings is 1. The van der Waals surface area contributed by atoms with E-state index >= 15 is 0 Å². The van der Waals surface area contributed by atoms with Gasteiger partial charge < -0.3 is 19.6 Å². The Bertz CT molecular complexity index is 845. The minimum atomic E-state index is -0.523. The molecule has 8 nitrogen and oxygen atoms in total. The van der Waals surface area contributed by atoms with E-state index in [0.29, 0.717) is 30.2 Å². The van der Waals surface area contributed by atoms with Crippen LogP contribution in [0.3, 0.4) is 0 Å². The van der Waals surface area contributed by atoms with Crippen molar-refractivity contribution in [2.24, 2.45) is 0 Å². The van der Waals surface area contributed by atoms with Gasteiger partial charge in [0.1, 0.15) is 6.54 Å². The number of carbonyl (C=O) groups is 1. The number of aliphatic hydroxyl groups excluding tert-OH is 1. The molecule has 140 valence electrons. The van der Waals surface area contributed by atoms with E-state index in [1.54, 1.807) is 18.2 Å². The Labute approximate surface area is 150 Å². The molecule has 1 amide bonds. The summed E-state index contributed by atoms with van der Waals surface area (Å²) in [6, 6.07) is 7.41. The van der Waals surface area contributed by atoms with Crippen LogP contribution in [-0.2, 0) is 16.1 Å². The topological polar surface area (TPSA) is 96.9 Å². The molecule has 2 aliphatic heterocycles. The molecule has 3 atom stereocenters. The molecule has 0 spiro atoms. The summed E-state index contributed by atoms with van der Waals surface area (Å²) in [4.78, 5) is 26.7.